The fourth-order valence-corrected chi connectivity index (χ4v) is 2.48. The van der Waals surface area contributed by atoms with Gasteiger partial charge >= 0.3 is 5.97 Å². The molecular weight excluding hydrogens is 310 g/mol. The quantitative estimate of drug-likeness (QED) is 0.592. The molecule has 1 aliphatic rings. The summed E-state index contributed by atoms with van der Waals surface area (Å²) in [6.45, 7) is 0.245. The molecule has 0 spiro atoms. The highest BCUT2D eigenvalue weighted by atomic mass is 16.5. The molecule has 0 bridgehead atoms. The van der Waals surface area contributed by atoms with Crippen LogP contribution in [0.25, 0.3) is 5.69 Å². The van der Waals surface area contributed by atoms with Crippen molar-refractivity contribution in [2.75, 3.05) is 6.54 Å². The number of hydrogen-bond donors (Lipinski definition) is 0. The Labute approximate surface area is 138 Å². The zero-order valence-electron chi connectivity index (χ0n) is 13.1. The van der Waals surface area contributed by atoms with Gasteiger partial charge in [0.05, 0.1) is 12.1 Å². The van der Waals surface area contributed by atoms with E-state index in [1.807, 2.05) is 36.5 Å². The van der Waals surface area contributed by atoms with Crippen LogP contribution in [0.4, 0.5) is 0 Å². The second-order valence-corrected chi connectivity index (χ2v) is 5.47. The lowest BCUT2D eigenvalue weighted by atomic mass is 10.2. The third-order valence-electron chi connectivity index (χ3n) is 3.80. The summed E-state index contributed by atoms with van der Waals surface area (Å²) in [5.41, 5.74) is 1.77. The third-order valence-corrected chi connectivity index (χ3v) is 3.80. The molecule has 0 radical (unpaired) electrons. The molecule has 2 amide bonds. The number of likely N-dealkylation sites (tertiary alicyclic amines) is 1. The van der Waals surface area contributed by atoms with Gasteiger partial charge in [0.15, 0.2) is 0 Å². The Morgan fingerprint density at radius 2 is 1.83 bits per heavy atom. The van der Waals surface area contributed by atoms with Crippen molar-refractivity contribution in [3.05, 3.63) is 48.3 Å². The fourth-order valence-electron chi connectivity index (χ4n) is 2.48. The van der Waals surface area contributed by atoms with Crippen molar-refractivity contribution in [1.82, 2.24) is 14.7 Å². The number of esters is 1. The van der Waals surface area contributed by atoms with Crippen LogP contribution in [-0.2, 0) is 25.7 Å². The summed E-state index contributed by atoms with van der Waals surface area (Å²) in [6.07, 6.45) is 4.03. The molecule has 1 saturated heterocycles. The van der Waals surface area contributed by atoms with Gasteiger partial charge in [-0.2, -0.15) is 5.10 Å². The van der Waals surface area contributed by atoms with Crippen LogP contribution in [0.5, 0.6) is 0 Å². The van der Waals surface area contributed by atoms with Gasteiger partial charge < -0.3 is 4.74 Å². The minimum atomic E-state index is -0.432. The van der Waals surface area contributed by atoms with Gasteiger partial charge in [0, 0.05) is 31.8 Å². The Bertz CT molecular complexity index is 722. The van der Waals surface area contributed by atoms with Crippen LogP contribution < -0.4 is 0 Å². The molecule has 1 aromatic carbocycles. The van der Waals surface area contributed by atoms with Crippen LogP contribution in [0, 0.1) is 0 Å². The Kier molecular flexibility index (Phi) is 4.69. The molecule has 0 unspecified atom stereocenters. The number of hydrogen-bond acceptors (Lipinski definition) is 5. The smallest absolute Gasteiger partial charge is 0.307 e. The van der Waals surface area contributed by atoms with E-state index in [1.54, 1.807) is 10.9 Å². The molecule has 0 N–H and O–H groups in total. The number of aromatic nitrogens is 2. The van der Waals surface area contributed by atoms with E-state index in [0.29, 0.717) is 0 Å². The van der Waals surface area contributed by atoms with Gasteiger partial charge in [-0.3, -0.25) is 19.3 Å². The molecule has 124 valence electrons. The van der Waals surface area contributed by atoms with E-state index in [2.05, 4.69) is 5.10 Å². The van der Waals surface area contributed by atoms with Gasteiger partial charge in [-0.1, -0.05) is 12.1 Å². The number of carbonyl (C=O) groups is 3. The van der Waals surface area contributed by atoms with E-state index >= 15 is 0 Å². The topological polar surface area (TPSA) is 81.5 Å². The summed E-state index contributed by atoms with van der Waals surface area (Å²) in [5.74, 6) is -0.873. The summed E-state index contributed by atoms with van der Waals surface area (Å²) in [7, 11) is 0. The average Bonchev–Trinajstić information content (AvgIpc) is 3.23. The first kappa shape index (κ1) is 15.9. The maximum atomic E-state index is 11.8. The third kappa shape index (κ3) is 3.68. The molecule has 2 heterocycles. The second-order valence-electron chi connectivity index (χ2n) is 5.47. The minimum absolute atomic E-state index is 0.0167. The summed E-state index contributed by atoms with van der Waals surface area (Å²) >= 11 is 0. The summed E-state index contributed by atoms with van der Waals surface area (Å²) in [5, 5.41) is 4.14. The lowest BCUT2D eigenvalue weighted by molar-refractivity contribution is -0.146. The zero-order chi connectivity index (χ0) is 16.9. The molecule has 0 saturated carbocycles. The van der Waals surface area contributed by atoms with Gasteiger partial charge in [0.1, 0.15) is 6.61 Å². The number of amides is 2. The van der Waals surface area contributed by atoms with Crippen molar-refractivity contribution in [1.29, 1.82) is 0 Å². The predicted octanol–water partition coefficient (Wildman–Crippen LogP) is 1.45. The monoisotopic (exact) mass is 327 g/mol. The van der Waals surface area contributed by atoms with Crippen LogP contribution in [-0.4, -0.2) is 39.0 Å². The van der Waals surface area contributed by atoms with Gasteiger partial charge in [0.2, 0.25) is 11.8 Å². The number of rotatable bonds is 6. The van der Waals surface area contributed by atoms with Gasteiger partial charge in [-0.15, -0.1) is 0 Å². The van der Waals surface area contributed by atoms with Gasteiger partial charge in [-0.25, -0.2) is 4.68 Å². The van der Waals surface area contributed by atoms with Crippen molar-refractivity contribution < 1.29 is 19.1 Å². The number of ether oxygens (including phenoxy) is 1. The van der Waals surface area contributed by atoms with Crippen molar-refractivity contribution in [3.63, 3.8) is 0 Å². The predicted molar refractivity (Wildman–Crippen MR) is 83.9 cm³/mol. The first-order chi connectivity index (χ1) is 11.6. The van der Waals surface area contributed by atoms with E-state index in [0.717, 1.165) is 16.2 Å². The van der Waals surface area contributed by atoms with Crippen LogP contribution in [0.2, 0.25) is 0 Å². The summed E-state index contributed by atoms with van der Waals surface area (Å²) in [4.78, 5) is 35.8. The summed E-state index contributed by atoms with van der Waals surface area (Å²) < 4.78 is 6.91. The first-order valence-electron chi connectivity index (χ1n) is 7.71. The maximum Gasteiger partial charge on any atom is 0.307 e. The average molecular weight is 327 g/mol. The normalized spacial score (nSPS) is 14.2. The number of benzene rings is 1. The van der Waals surface area contributed by atoms with Crippen molar-refractivity contribution in [2.45, 2.75) is 25.9 Å². The van der Waals surface area contributed by atoms with Crippen LogP contribution in [0.3, 0.4) is 0 Å². The molecule has 2 aromatic rings. The molecular formula is C17H17N3O4. The molecule has 7 nitrogen and oxygen atoms in total. The standard InChI is InChI=1S/C17H17N3O4/c21-15-6-7-16(22)19(15)11-8-17(23)24-12-13-2-4-14(5-3-13)20-10-1-9-18-20/h1-5,9-10H,6-8,11-12H2. The molecule has 7 heteroatoms. The van der Waals surface area contributed by atoms with E-state index < -0.39 is 5.97 Å². The van der Waals surface area contributed by atoms with Crippen LogP contribution in [0.1, 0.15) is 24.8 Å². The van der Waals surface area contributed by atoms with Crippen LogP contribution >= 0.6 is 0 Å². The first-order valence-corrected chi connectivity index (χ1v) is 7.71. The SMILES string of the molecule is O=C(CCN1C(=O)CCC1=O)OCc1ccc(-n2cccn2)cc1. The Hall–Kier alpha value is -2.96. The Morgan fingerprint density at radius 1 is 1.12 bits per heavy atom. The van der Waals surface area contributed by atoms with Crippen molar-refractivity contribution >= 4 is 17.8 Å². The molecule has 3 rings (SSSR count). The largest absolute Gasteiger partial charge is 0.461 e. The number of nitrogens with zero attached hydrogens (tertiary/aromatic N) is 3. The zero-order valence-corrected chi connectivity index (χ0v) is 13.1. The highest BCUT2D eigenvalue weighted by Crippen LogP contribution is 2.13. The number of carbonyl (C=O) groups excluding carboxylic acids is 3. The van der Waals surface area contributed by atoms with E-state index in [4.69, 9.17) is 4.74 Å². The molecule has 24 heavy (non-hydrogen) atoms. The lowest BCUT2D eigenvalue weighted by Gasteiger charge is -2.13. The molecule has 1 aromatic heterocycles. The summed E-state index contributed by atoms with van der Waals surface area (Å²) in [6, 6.07) is 9.33. The fraction of sp³-hybridized carbons (Fsp3) is 0.294. The Morgan fingerprint density at radius 3 is 2.46 bits per heavy atom. The number of imide groups is 1. The Balaban J connectivity index is 1.46. The highest BCUT2D eigenvalue weighted by molar-refractivity contribution is 6.02. The highest BCUT2D eigenvalue weighted by Gasteiger charge is 2.28. The minimum Gasteiger partial charge on any atom is -0.461 e. The van der Waals surface area contributed by atoms with Gasteiger partial charge in [-0.05, 0) is 23.8 Å². The van der Waals surface area contributed by atoms with Gasteiger partial charge in [0.25, 0.3) is 0 Å². The molecule has 1 fully saturated rings. The lowest BCUT2D eigenvalue weighted by Crippen LogP contribution is -2.31. The maximum absolute atomic E-state index is 11.8. The van der Waals surface area contributed by atoms with E-state index in [9.17, 15) is 14.4 Å². The molecule has 0 aliphatic carbocycles. The molecule has 1 aliphatic heterocycles. The second kappa shape index (κ2) is 7.08. The van der Waals surface area contributed by atoms with Crippen molar-refractivity contribution in [3.8, 4) is 5.69 Å². The van der Waals surface area contributed by atoms with Crippen molar-refractivity contribution in [2.24, 2.45) is 0 Å². The molecule has 0 atom stereocenters. The van der Waals surface area contributed by atoms with Crippen LogP contribution in [0.15, 0.2) is 42.7 Å². The van der Waals surface area contributed by atoms with E-state index in [1.165, 1.54) is 0 Å². The van der Waals surface area contributed by atoms with E-state index in [-0.39, 0.29) is 44.2 Å².